The number of halogens is 1. The van der Waals surface area contributed by atoms with Crippen LogP contribution in [-0.4, -0.2) is 34.7 Å². The van der Waals surface area contributed by atoms with Gasteiger partial charge in [0.1, 0.15) is 12.0 Å². The normalized spacial score (nSPS) is 23.8. The molecule has 2 aromatic heterocycles. The second-order valence-electron chi connectivity index (χ2n) is 9.76. The minimum absolute atomic E-state index is 0.0565. The molecule has 3 unspecified atom stereocenters. The summed E-state index contributed by atoms with van der Waals surface area (Å²) in [7, 11) is 0. The first-order valence-corrected chi connectivity index (χ1v) is 11.5. The van der Waals surface area contributed by atoms with Gasteiger partial charge < -0.3 is 19.1 Å². The third-order valence-corrected chi connectivity index (χ3v) is 7.61. The van der Waals surface area contributed by atoms with E-state index >= 15 is 0 Å². The van der Waals surface area contributed by atoms with Gasteiger partial charge in [-0.3, -0.25) is 4.79 Å². The number of H-pyrrole nitrogens is 1. The van der Waals surface area contributed by atoms with E-state index in [9.17, 15) is 14.0 Å². The van der Waals surface area contributed by atoms with Crippen molar-refractivity contribution in [3.63, 3.8) is 0 Å². The fraction of sp³-hybridized carbons (Fsp3) is 0.462. The van der Waals surface area contributed by atoms with E-state index in [1.54, 1.807) is 6.07 Å². The van der Waals surface area contributed by atoms with Gasteiger partial charge in [0.2, 0.25) is 5.91 Å². The van der Waals surface area contributed by atoms with Gasteiger partial charge in [-0.15, -0.1) is 0 Å². The first-order valence-electron chi connectivity index (χ1n) is 11.5. The zero-order valence-electron chi connectivity index (χ0n) is 18.6. The summed E-state index contributed by atoms with van der Waals surface area (Å²) in [6.07, 6.45) is 7.81. The van der Waals surface area contributed by atoms with Crippen molar-refractivity contribution < 1.29 is 18.4 Å². The molecule has 0 bridgehead atoms. The molecule has 5 nitrogen and oxygen atoms in total. The Morgan fingerprint density at radius 3 is 2.78 bits per heavy atom. The molecule has 32 heavy (non-hydrogen) atoms. The van der Waals surface area contributed by atoms with E-state index < -0.39 is 11.4 Å². The third kappa shape index (κ3) is 3.28. The van der Waals surface area contributed by atoms with E-state index in [2.05, 4.69) is 4.98 Å². The number of rotatable bonds is 4. The number of carbonyl (C=O) groups excluding carboxylic acids is 2. The lowest BCUT2D eigenvalue weighted by Gasteiger charge is -2.48. The summed E-state index contributed by atoms with van der Waals surface area (Å²) in [6.45, 7) is 4.65. The minimum atomic E-state index is -0.796. The van der Waals surface area contributed by atoms with Crippen LogP contribution in [0.1, 0.15) is 51.5 Å². The second-order valence-corrected chi connectivity index (χ2v) is 9.76. The maximum Gasteiger partial charge on any atom is 0.278 e. The summed E-state index contributed by atoms with van der Waals surface area (Å²) in [5.41, 5.74) is 1.72. The zero-order valence-corrected chi connectivity index (χ0v) is 18.6. The molecule has 2 fully saturated rings. The fourth-order valence-corrected chi connectivity index (χ4v) is 5.97. The van der Waals surface area contributed by atoms with Crippen molar-refractivity contribution in [1.82, 2.24) is 9.88 Å². The molecular weight excluding hydrogens is 407 g/mol. The zero-order chi connectivity index (χ0) is 22.5. The number of amides is 1. The Kier molecular flexibility index (Phi) is 5.19. The second kappa shape index (κ2) is 7.91. The van der Waals surface area contributed by atoms with Crippen LogP contribution < -0.4 is 0 Å². The molecule has 1 aliphatic heterocycles. The number of likely N-dealkylation sites (tertiary alicyclic amines) is 1. The highest BCUT2D eigenvalue weighted by Gasteiger charge is 2.45. The molecule has 1 N–H and O–H groups in total. The Hall–Kier alpha value is -2.89. The van der Waals surface area contributed by atoms with Crippen LogP contribution in [0.2, 0.25) is 0 Å². The van der Waals surface area contributed by atoms with Gasteiger partial charge in [0.25, 0.3) is 6.01 Å². The first-order chi connectivity index (χ1) is 15.4. The molecule has 168 valence electrons. The fourth-order valence-electron chi connectivity index (χ4n) is 5.97. The molecule has 1 saturated carbocycles. The Labute approximate surface area is 187 Å². The van der Waals surface area contributed by atoms with Crippen molar-refractivity contribution >= 4 is 23.1 Å². The van der Waals surface area contributed by atoms with Gasteiger partial charge in [0, 0.05) is 47.2 Å². The Morgan fingerprint density at radius 2 is 2.03 bits per heavy atom. The van der Waals surface area contributed by atoms with Crippen LogP contribution in [0, 0.1) is 17.8 Å². The van der Waals surface area contributed by atoms with Gasteiger partial charge in [-0.1, -0.05) is 18.6 Å². The lowest BCUT2D eigenvalue weighted by Crippen LogP contribution is -2.56. The number of carbonyl (C=O) groups is 2. The predicted octanol–water partition coefficient (Wildman–Crippen LogP) is 5.45. The van der Waals surface area contributed by atoms with E-state index in [-0.39, 0.29) is 23.8 Å². The highest BCUT2D eigenvalue weighted by molar-refractivity contribution is 6.01. The highest BCUT2D eigenvalue weighted by Crippen LogP contribution is 2.43. The van der Waals surface area contributed by atoms with Crippen LogP contribution in [0.15, 0.2) is 40.9 Å². The lowest BCUT2D eigenvalue weighted by molar-refractivity contribution is -0.145. The van der Waals surface area contributed by atoms with Crippen LogP contribution in [0.5, 0.6) is 0 Å². The Balaban J connectivity index is 1.54. The maximum absolute atomic E-state index is 14.0. The number of aromatic amines is 1. The lowest BCUT2D eigenvalue weighted by atomic mass is 9.70. The first kappa shape index (κ1) is 21.0. The van der Waals surface area contributed by atoms with E-state index in [1.807, 2.05) is 43.1 Å². The van der Waals surface area contributed by atoms with Crippen molar-refractivity contribution in [1.29, 1.82) is 0 Å². The Bertz CT molecular complexity index is 1160. The number of aldehydes is 1. The number of nitrogens with zero attached hydrogens (tertiary/aromatic N) is 1. The summed E-state index contributed by atoms with van der Waals surface area (Å²) in [5, 5.41) is 0.878. The standard InChI is InChI=1S/C26H29FN2O3/c1-26(2,25(31)29-13-5-8-17-16(15-30)6-3-10-21(17)29)19-14-28-20-9-4-7-18(24(19)20)22-11-12-23(27)32-22/h4,7,9,11-12,14-17,21,28H,3,5-6,8,10,13H2,1-2H3. The SMILES string of the molecule is CC(C)(C(=O)N1CCCC2C(C=O)CCCC21)c1c[nH]c2cccc(-c3ccc(F)o3)c12. The number of fused-ring (bicyclic) bond motifs is 2. The average molecular weight is 437 g/mol. The van der Waals surface area contributed by atoms with Crippen LogP contribution in [0.4, 0.5) is 4.39 Å². The van der Waals surface area contributed by atoms with Gasteiger partial charge in [0.05, 0.1) is 5.41 Å². The molecular formula is C26H29FN2O3. The number of nitrogens with one attached hydrogen (secondary N) is 1. The van der Waals surface area contributed by atoms with E-state index in [0.717, 1.165) is 67.0 Å². The number of hydrogen-bond donors (Lipinski definition) is 1. The van der Waals surface area contributed by atoms with Gasteiger partial charge in [-0.05, 0) is 63.1 Å². The molecule has 6 heteroatoms. The van der Waals surface area contributed by atoms with Crippen LogP contribution in [0.25, 0.3) is 22.2 Å². The van der Waals surface area contributed by atoms with Gasteiger partial charge >= 0.3 is 0 Å². The maximum atomic E-state index is 14.0. The van der Waals surface area contributed by atoms with Crippen molar-refractivity contribution in [3.8, 4) is 11.3 Å². The molecule has 2 aliphatic rings. The molecule has 1 amide bonds. The van der Waals surface area contributed by atoms with Crippen molar-refractivity contribution in [2.75, 3.05) is 6.54 Å². The summed E-state index contributed by atoms with van der Waals surface area (Å²) in [4.78, 5) is 31.0. The van der Waals surface area contributed by atoms with Gasteiger partial charge in [-0.25, -0.2) is 0 Å². The summed E-state index contributed by atoms with van der Waals surface area (Å²) >= 11 is 0. The molecule has 1 aromatic carbocycles. The van der Waals surface area contributed by atoms with Crippen LogP contribution in [0.3, 0.4) is 0 Å². The number of benzene rings is 1. The predicted molar refractivity (Wildman–Crippen MR) is 121 cm³/mol. The molecule has 1 saturated heterocycles. The number of hydrogen-bond acceptors (Lipinski definition) is 3. The van der Waals surface area contributed by atoms with E-state index in [1.165, 1.54) is 6.07 Å². The van der Waals surface area contributed by atoms with Gasteiger partial charge in [-0.2, -0.15) is 4.39 Å². The molecule has 3 atom stereocenters. The van der Waals surface area contributed by atoms with Crippen LogP contribution in [-0.2, 0) is 15.0 Å². The molecule has 3 aromatic rings. The van der Waals surface area contributed by atoms with Crippen LogP contribution >= 0.6 is 0 Å². The molecule has 1 aliphatic carbocycles. The smallest absolute Gasteiger partial charge is 0.278 e. The summed E-state index contributed by atoms with van der Waals surface area (Å²) in [6, 6.07) is 8.16. The largest absolute Gasteiger partial charge is 0.431 e. The molecule has 3 heterocycles. The summed E-state index contributed by atoms with van der Waals surface area (Å²) < 4.78 is 18.9. The number of furan rings is 1. The van der Waals surface area contributed by atoms with Crippen molar-refractivity contribution in [2.24, 2.45) is 11.8 Å². The number of aromatic nitrogens is 1. The minimum Gasteiger partial charge on any atom is -0.431 e. The van der Waals surface area contributed by atoms with E-state index in [0.29, 0.717) is 5.76 Å². The summed E-state index contributed by atoms with van der Waals surface area (Å²) in [5.74, 6) is 0.844. The monoisotopic (exact) mass is 436 g/mol. The quantitative estimate of drug-likeness (QED) is 0.553. The third-order valence-electron chi connectivity index (χ3n) is 7.61. The van der Waals surface area contributed by atoms with Gasteiger partial charge in [0.15, 0.2) is 0 Å². The van der Waals surface area contributed by atoms with Crippen molar-refractivity contribution in [2.45, 2.75) is 57.4 Å². The molecule has 0 radical (unpaired) electrons. The highest BCUT2D eigenvalue weighted by atomic mass is 19.1. The topological polar surface area (TPSA) is 66.3 Å². The average Bonchev–Trinajstić information content (AvgIpc) is 3.44. The van der Waals surface area contributed by atoms with E-state index in [4.69, 9.17) is 4.42 Å². The molecule has 0 spiro atoms. The number of piperidine rings is 1. The molecule has 5 rings (SSSR count). The Morgan fingerprint density at radius 1 is 1.19 bits per heavy atom. The van der Waals surface area contributed by atoms with Crippen molar-refractivity contribution in [3.05, 3.63) is 48.1 Å².